The Bertz CT molecular complexity index is 1010. The fraction of sp³-hybridized carbons (Fsp3) is 0.105. The average molecular weight is 368 g/mol. The van der Waals surface area contributed by atoms with Crippen molar-refractivity contribution >= 4 is 17.5 Å². The van der Waals surface area contributed by atoms with Crippen molar-refractivity contribution in [3.8, 4) is 17.0 Å². The van der Waals surface area contributed by atoms with E-state index in [-0.39, 0.29) is 5.69 Å². The molecule has 27 heavy (non-hydrogen) atoms. The molecule has 1 heterocycles. The van der Waals surface area contributed by atoms with Crippen molar-refractivity contribution in [3.05, 3.63) is 65.6 Å². The fourth-order valence-corrected chi connectivity index (χ4v) is 2.62. The van der Waals surface area contributed by atoms with Gasteiger partial charge in [-0.3, -0.25) is 14.3 Å². The molecule has 0 aliphatic heterocycles. The minimum atomic E-state index is -0.550. The van der Waals surface area contributed by atoms with Gasteiger partial charge in [0.05, 0.1) is 12.8 Å². The summed E-state index contributed by atoms with van der Waals surface area (Å²) < 4.78 is 20.4. The molecule has 0 bridgehead atoms. The minimum absolute atomic E-state index is 0.151. The van der Waals surface area contributed by atoms with Crippen LogP contribution in [0.15, 0.2) is 48.5 Å². The molecule has 0 saturated carbocycles. The Labute approximate surface area is 154 Å². The van der Waals surface area contributed by atoms with Crippen molar-refractivity contribution in [2.45, 2.75) is 0 Å². The van der Waals surface area contributed by atoms with E-state index < -0.39 is 17.6 Å². The van der Waals surface area contributed by atoms with E-state index in [1.54, 1.807) is 25.2 Å². The lowest BCUT2D eigenvalue weighted by molar-refractivity contribution is 0.0997. The third-order valence-electron chi connectivity index (χ3n) is 3.98. The molecule has 0 atom stereocenters. The van der Waals surface area contributed by atoms with Crippen molar-refractivity contribution < 1.29 is 18.7 Å². The van der Waals surface area contributed by atoms with Crippen LogP contribution in [-0.2, 0) is 7.05 Å². The Balaban J connectivity index is 1.86. The highest BCUT2D eigenvalue weighted by Gasteiger charge is 2.17. The van der Waals surface area contributed by atoms with Crippen LogP contribution in [0, 0.1) is 5.82 Å². The fourth-order valence-electron chi connectivity index (χ4n) is 2.62. The minimum Gasteiger partial charge on any atom is -0.496 e. The molecule has 3 N–H and O–H groups in total. The second-order valence-corrected chi connectivity index (χ2v) is 5.78. The quantitative estimate of drug-likeness (QED) is 0.723. The normalized spacial score (nSPS) is 10.5. The van der Waals surface area contributed by atoms with E-state index in [2.05, 4.69) is 10.4 Å². The molecular formula is C19H17FN4O3. The monoisotopic (exact) mass is 368 g/mol. The molecule has 2 aromatic carbocycles. The first-order valence-corrected chi connectivity index (χ1v) is 7.98. The summed E-state index contributed by atoms with van der Waals surface area (Å²) in [5.74, 6) is -0.953. The molecule has 3 rings (SSSR count). The maximum atomic E-state index is 13.6. The summed E-state index contributed by atoms with van der Waals surface area (Å²) >= 11 is 0. The van der Waals surface area contributed by atoms with Crippen molar-refractivity contribution in [2.24, 2.45) is 12.8 Å². The Morgan fingerprint density at radius 2 is 1.85 bits per heavy atom. The van der Waals surface area contributed by atoms with Crippen LogP contribution in [0.2, 0.25) is 0 Å². The summed E-state index contributed by atoms with van der Waals surface area (Å²) in [6, 6.07) is 11.8. The average Bonchev–Trinajstić information content (AvgIpc) is 3.04. The smallest absolute Gasteiger partial charge is 0.276 e. The summed E-state index contributed by atoms with van der Waals surface area (Å²) in [4.78, 5) is 23.6. The number of nitrogens with one attached hydrogen (secondary N) is 1. The molecule has 0 spiro atoms. The number of amides is 2. The second kappa shape index (κ2) is 7.28. The van der Waals surface area contributed by atoms with Crippen LogP contribution in [0.1, 0.15) is 20.8 Å². The molecule has 0 saturated heterocycles. The molecule has 0 fully saturated rings. The van der Waals surface area contributed by atoms with Gasteiger partial charge in [0.1, 0.15) is 11.6 Å². The van der Waals surface area contributed by atoms with Crippen molar-refractivity contribution in [1.29, 1.82) is 0 Å². The number of aromatic nitrogens is 2. The summed E-state index contributed by atoms with van der Waals surface area (Å²) in [6.45, 7) is 0. The van der Waals surface area contributed by atoms with E-state index in [0.717, 1.165) is 0 Å². The number of nitrogens with two attached hydrogens (primary N) is 1. The topological polar surface area (TPSA) is 99.2 Å². The molecule has 0 unspecified atom stereocenters. The van der Waals surface area contributed by atoms with Crippen LogP contribution in [0.4, 0.5) is 10.1 Å². The summed E-state index contributed by atoms with van der Waals surface area (Å²) in [7, 11) is 3.13. The van der Waals surface area contributed by atoms with E-state index in [1.807, 2.05) is 0 Å². The molecule has 0 radical (unpaired) electrons. The number of hydrogen-bond acceptors (Lipinski definition) is 4. The first-order chi connectivity index (χ1) is 12.9. The van der Waals surface area contributed by atoms with Gasteiger partial charge in [-0.15, -0.1) is 0 Å². The summed E-state index contributed by atoms with van der Waals surface area (Å²) in [6.07, 6.45) is 0. The molecule has 2 amide bonds. The van der Waals surface area contributed by atoms with Gasteiger partial charge in [0.25, 0.3) is 5.91 Å². The number of methoxy groups -OCH3 is 1. The van der Waals surface area contributed by atoms with Crippen molar-refractivity contribution in [3.63, 3.8) is 0 Å². The molecular weight excluding hydrogens is 351 g/mol. The van der Waals surface area contributed by atoms with E-state index in [9.17, 15) is 14.0 Å². The maximum Gasteiger partial charge on any atom is 0.276 e. The SMILES string of the molecule is COc1ccc(F)cc1-c1cc(C(=O)Nc2ccc(C(N)=O)cc2)nn1C. The largest absolute Gasteiger partial charge is 0.496 e. The number of carbonyl (C=O) groups excluding carboxylic acids is 2. The predicted octanol–water partition coefficient (Wildman–Crippen LogP) is 2.59. The lowest BCUT2D eigenvalue weighted by Crippen LogP contribution is -2.14. The van der Waals surface area contributed by atoms with Gasteiger partial charge in [-0.05, 0) is 48.5 Å². The summed E-state index contributed by atoms with van der Waals surface area (Å²) in [5.41, 5.74) is 7.18. The van der Waals surface area contributed by atoms with Gasteiger partial charge in [0.15, 0.2) is 5.69 Å². The number of carbonyl (C=O) groups is 2. The number of hydrogen-bond donors (Lipinski definition) is 2. The molecule has 1 aromatic heterocycles. The number of benzene rings is 2. The Morgan fingerprint density at radius 3 is 2.48 bits per heavy atom. The van der Waals surface area contributed by atoms with E-state index in [1.165, 1.54) is 42.1 Å². The van der Waals surface area contributed by atoms with Crippen molar-refractivity contribution in [2.75, 3.05) is 12.4 Å². The lowest BCUT2D eigenvalue weighted by atomic mass is 10.1. The van der Waals surface area contributed by atoms with Gasteiger partial charge in [-0.25, -0.2) is 4.39 Å². The third-order valence-corrected chi connectivity index (χ3v) is 3.98. The zero-order chi connectivity index (χ0) is 19.6. The van der Waals surface area contributed by atoms with Gasteiger partial charge >= 0.3 is 0 Å². The first kappa shape index (κ1) is 18.1. The van der Waals surface area contributed by atoms with Gasteiger partial charge in [0.2, 0.25) is 5.91 Å². The summed E-state index contributed by atoms with van der Waals surface area (Å²) in [5, 5.41) is 6.87. The zero-order valence-electron chi connectivity index (χ0n) is 14.7. The maximum absolute atomic E-state index is 13.6. The zero-order valence-corrected chi connectivity index (χ0v) is 14.7. The Morgan fingerprint density at radius 1 is 1.15 bits per heavy atom. The number of aryl methyl sites for hydroxylation is 1. The number of rotatable bonds is 5. The Kier molecular flexibility index (Phi) is 4.89. The molecule has 0 aliphatic carbocycles. The first-order valence-electron chi connectivity index (χ1n) is 7.98. The molecule has 138 valence electrons. The van der Waals surface area contributed by atoms with Crippen LogP contribution in [-0.4, -0.2) is 28.7 Å². The highest BCUT2D eigenvalue weighted by Crippen LogP contribution is 2.31. The molecule has 0 aliphatic rings. The lowest BCUT2D eigenvalue weighted by Gasteiger charge is -2.08. The van der Waals surface area contributed by atoms with Gasteiger partial charge in [0, 0.05) is 23.9 Å². The standard InChI is InChI=1S/C19H17FN4O3/c1-24-16(14-9-12(20)5-8-17(14)27-2)10-15(23-24)19(26)22-13-6-3-11(4-7-13)18(21)25/h3-10H,1-2H3,(H2,21,25)(H,22,26). The van der Waals surface area contributed by atoms with Crippen LogP contribution < -0.4 is 15.8 Å². The van der Waals surface area contributed by atoms with Gasteiger partial charge < -0.3 is 15.8 Å². The number of ether oxygens (including phenoxy) is 1. The van der Waals surface area contributed by atoms with Crippen LogP contribution in [0.3, 0.4) is 0 Å². The van der Waals surface area contributed by atoms with Crippen LogP contribution >= 0.6 is 0 Å². The number of anilines is 1. The number of nitrogens with zero attached hydrogens (tertiary/aromatic N) is 2. The number of primary amides is 1. The molecule has 8 heteroatoms. The van der Waals surface area contributed by atoms with Crippen LogP contribution in [0.25, 0.3) is 11.3 Å². The predicted molar refractivity (Wildman–Crippen MR) is 98.1 cm³/mol. The number of halogens is 1. The van der Waals surface area contributed by atoms with Gasteiger partial charge in [-0.1, -0.05) is 0 Å². The molecule has 3 aromatic rings. The van der Waals surface area contributed by atoms with Gasteiger partial charge in [-0.2, -0.15) is 5.10 Å². The highest BCUT2D eigenvalue weighted by molar-refractivity contribution is 6.04. The van der Waals surface area contributed by atoms with E-state index in [0.29, 0.717) is 28.3 Å². The van der Waals surface area contributed by atoms with Crippen LogP contribution in [0.5, 0.6) is 5.75 Å². The second-order valence-electron chi connectivity index (χ2n) is 5.78. The highest BCUT2D eigenvalue weighted by atomic mass is 19.1. The van der Waals surface area contributed by atoms with E-state index >= 15 is 0 Å². The van der Waals surface area contributed by atoms with Crippen molar-refractivity contribution in [1.82, 2.24) is 9.78 Å². The van der Waals surface area contributed by atoms with E-state index in [4.69, 9.17) is 10.5 Å². The Hall–Kier alpha value is -3.68. The third kappa shape index (κ3) is 3.79. The molecule has 7 nitrogen and oxygen atoms in total.